The molecule has 1 nitrogen and oxygen atoms in total. The summed E-state index contributed by atoms with van der Waals surface area (Å²) in [4.78, 5) is 4.41. The van der Waals surface area contributed by atoms with Crippen molar-refractivity contribution in [2.24, 2.45) is 0 Å². The van der Waals surface area contributed by atoms with Gasteiger partial charge < -0.3 is 0 Å². The lowest BCUT2D eigenvalue weighted by Gasteiger charge is -2.13. The largest absolute Gasteiger partial charge is 0.417 e. The Labute approximate surface area is 124 Å². The topological polar surface area (TPSA) is 12.9 Å². The maximum absolute atomic E-state index is 12.8. The minimum absolute atomic E-state index is 0.123. The van der Waals surface area contributed by atoms with E-state index in [-0.39, 0.29) is 10.4 Å². The van der Waals surface area contributed by atoms with Crippen LogP contribution >= 0.6 is 22.9 Å². The predicted octanol–water partition coefficient (Wildman–Crippen LogP) is 5.78. The van der Waals surface area contributed by atoms with Gasteiger partial charge >= 0.3 is 6.18 Å². The summed E-state index contributed by atoms with van der Waals surface area (Å²) in [6, 6.07) is 3.86. The van der Waals surface area contributed by atoms with Crippen molar-refractivity contribution in [1.29, 1.82) is 0 Å². The summed E-state index contributed by atoms with van der Waals surface area (Å²) in [5.74, 6) is 0. The summed E-state index contributed by atoms with van der Waals surface area (Å²) in [5, 5.41) is 2.35. The third-order valence-corrected chi connectivity index (χ3v) is 4.31. The van der Waals surface area contributed by atoms with Crippen LogP contribution in [0.25, 0.3) is 11.3 Å². The van der Waals surface area contributed by atoms with E-state index >= 15 is 0 Å². The highest BCUT2D eigenvalue weighted by Crippen LogP contribution is 2.38. The van der Waals surface area contributed by atoms with Crippen LogP contribution in [0.1, 0.15) is 31.3 Å². The van der Waals surface area contributed by atoms with Crippen LogP contribution in [0.15, 0.2) is 23.6 Å². The number of halogens is 4. The van der Waals surface area contributed by atoms with Crippen molar-refractivity contribution in [3.63, 3.8) is 0 Å². The number of nitrogens with zero attached hydrogens (tertiary/aromatic N) is 1. The smallest absolute Gasteiger partial charge is 0.241 e. The highest BCUT2D eigenvalue weighted by atomic mass is 35.5. The van der Waals surface area contributed by atoms with Gasteiger partial charge in [-0.05, 0) is 12.1 Å². The third-order valence-electron chi connectivity index (χ3n) is 2.71. The Hall–Kier alpha value is -1.07. The van der Waals surface area contributed by atoms with Crippen LogP contribution in [0.2, 0.25) is 5.02 Å². The van der Waals surface area contributed by atoms with Gasteiger partial charge in [-0.25, -0.2) is 4.98 Å². The second-order valence-corrected chi connectivity index (χ2v) is 6.75. The van der Waals surface area contributed by atoms with Crippen molar-refractivity contribution in [1.82, 2.24) is 4.98 Å². The molecule has 0 amide bonds. The van der Waals surface area contributed by atoms with E-state index in [1.165, 1.54) is 17.4 Å². The second-order valence-electron chi connectivity index (χ2n) is 5.48. The molecule has 20 heavy (non-hydrogen) atoms. The summed E-state index contributed by atoms with van der Waals surface area (Å²) in [5.41, 5.74) is 0.0138. The molecule has 1 heterocycles. The first-order valence-electron chi connectivity index (χ1n) is 5.92. The molecule has 0 saturated heterocycles. The highest BCUT2D eigenvalue weighted by Gasteiger charge is 2.33. The van der Waals surface area contributed by atoms with Gasteiger partial charge in [0.25, 0.3) is 0 Å². The van der Waals surface area contributed by atoms with Crippen molar-refractivity contribution in [2.45, 2.75) is 32.4 Å². The molecule has 0 aliphatic heterocycles. The molecule has 1 aromatic heterocycles. The Morgan fingerprint density at radius 3 is 2.30 bits per heavy atom. The summed E-state index contributed by atoms with van der Waals surface area (Å²) in [6.45, 7) is 6.04. The van der Waals surface area contributed by atoms with Crippen molar-refractivity contribution >= 4 is 22.9 Å². The summed E-state index contributed by atoms with van der Waals surface area (Å²) in [7, 11) is 0. The van der Waals surface area contributed by atoms with Crippen LogP contribution in [0, 0.1) is 0 Å². The molecule has 0 unspecified atom stereocenters. The van der Waals surface area contributed by atoms with Crippen LogP contribution in [-0.2, 0) is 11.6 Å². The molecule has 0 spiro atoms. The molecule has 2 rings (SSSR count). The fourth-order valence-electron chi connectivity index (χ4n) is 1.65. The average Bonchev–Trinajstić information content (AvgIpc) is 2.77. The van der Waals surface area contributed by atoms with E-state index in [1.807, 2.05) is 20.8 Å². The number of hydrogen-bond donors (Lipinski definition) is 0. The van der Waals surface area contributed by atoms with Gasteiger partial charge in [0.15, 0.2) is 0 Å². The molecule has 0 aliphatic rings. The fourth-order valence-corrected chi connectivity index (χ4v) is 2.79. The number of benzene rings is 1. The van der Waals surface area contributed by atoms with E-state index in [9.17, 15) is 13.2 Å². The van der Waals surface area contributed by atoms with Gasteiger partial charge in [0.05, 0.1) is 21.3 Å². The molecular weight excluding hydrogens is 307 g/mol. The molecule has 0 radical (unpaired) electrons. The summed E-state index contributed by atoms with van der Waals surface area (Å²) < 4.78 is 38.5. The summed E-state index contributed by atoms with van der Waals surface area (Å²) in [6.07, 6.45) is -4.46. The first kappa shape index (κ1) is 15.3. The Kier molecular flexibility index (Phi) is 3.86. The first-order chi connectivity index (χ1) is 9.09. The molecule has 1 aromatic carbocycles. The second kappa shape index (κ2) is 5.04. The number of alkyl halides is 3. The quantitative estimate of drug-likeness (QED) is 0.649. The molecule has 108 valence electrons. The van der Waals surface area contributed by atoms with Gasteiger partial charge in [0.1, 0.15) is 0 Å². The molecule has 0 N–H and O–H groups in total. The standard InChI is InChI=1S/C14H13ClF3NS/c1-13(2,3)12-19-11(7-20-12)8-4-5-10(15)9(6-8)14(16,17)18/h4-7H,1-3H3. The molecule has 0 bridgehead atoms. The zero-order chi connectivity index (χ0) is 15.1. The first-order valence-corrected chi connectivity index (χ1v) is 7.18. The van der Waals surface area contributed by atoms with E-state index in [0.29, 0.717) is 11.3 Å². The Bertz CT molecular complexity index is 626. The molecule has 0 atom stereocenters. The number of aromatic nitrogens is 1. The van der Waals surface area contributed by atoms with E-state index in [1.54, 1.807) is 11.4 Å². The number of hydrogen-bond acceptors (Lipinski definition) is 2. The molecule has 0 saturated carbocycles. The Balaban J connectivity index is 2.47. The molecule has 0 fully saturated rings. The summed E-state index contributed by atoms with van der Waals surface area (Å²) >= 11 is 7.05. The minimum atomic E-state index is -4.46. The van der Waals surface area contributed by atoms with Crippen molar-refractivity contribution in [3.05, 3.63) is 39.2 Å². The average molecular weight is 320 g/mol. The van der Waals surface area contributed by atoms with Crippen LogP contribution < -0.4 is 0 Å². The molecule has 2 aromatic rings. The fraction of sp³-hybridized carbons (Fsp3) is 0.357. The monoisotopic (exact) mass is 319 g/mol. The third kappa shape index (κ3) is 3.15. The lowest BCUT2D eigenvalue weighted by Crippen LogP contribution is -2.10. The SMILES string of the molecule is CC(C)(C)c1nc(-c2ccc(Cl)c(C(F)(F)F)c2)cs1. The molecular formula is C14H13ClF3NS. The number of rotatable bonds is 1. The van der Waals surface area contributed by atoms with Crippen molar-refractivity contribution in [3.8, 4) is 11.3 Å². The van der Waals surface area contributed by atoms with E-state index < -0.39 is 11.7 Å². The van der Waals surface area contributed by atoms with Crippen molar-refractivity contribution < 1.29 is 13.2 Å². The zero-order valence-electron chi connectivity index (χ0n) is 11.2. The van der Waals surface area contributed by atoms with Crippen LogP contribution in [0.5, 0.6) is 0 Å². The molecule has 0 aliphatic carbocycles. The van der Waals surface area contributed by atoms with Crippen LogP contribution in [0.3, 0.4) is 0 Å². The van der Waals surface area contributed by atoms with Crippen LogP contribution in [-0.4, -0.2) is 4.98 Å². The van der Waals surface area contributed by atoms with Gasteiger partial charge in [-0.1, -0.05) is 38.4 Å². The van der Waals surface area contributed by atoms with Gasteiger partial charge in [-0.2, -0.15) is 13.2 Å². The lowest BCUT2D eigenvalue weighted by atomic mass is 9.98. The van der Waals surface area contributed by atoms with Crippen molar-refractivity contribution in [2.75, 3.05) is 0 Å². The maximum Gasteiger partial charge on any atom is 0.417 e. The molecule has 6 heteroatoms. The Morgan fingerprint density at radius 1 is 1.15 bits per heavy atom. The predicted molar refractivity (Wildman–Crippen MR) is 76.3 cm³/mol. The highest BCUT2D eigenvalue weighted by molar-refractivity contribution is 7.10. The van der Waals surface area contributed by atoms with Gasteiger partial charge in [-0.3, -0.25) is 0 Å². The van der Waals surface area contributed by atoms with Gasteiger partial charge in [0, 0.05) is 16.4 Å². The van der Waals surface area contributed by atoms with E-state index in [4.69, 9.17) is 11.6 Å². The minimum Gasteiger partial charge on any atom is -0.241 e. The van der Waals surface area contributed by atoms with E-state index in [0.717, 1.165) is 11.1 Å². The van der Waals surface area contributed by atoms with E-state index in [2.05, 4.69) is 4.98 Å². The maximum atomic E-state index is 12.8. The van der Waals surface area contributed by atoms with Crippen LogP contribution in [0.4, 0.5) is 13.2 Å². The number of thiazole rings is 1. The van der Waals surface area contributed by atoms with Gasteiger partial charge in [0.2, 0.25) is 0 Å². The van der Waals surface area contributed by atoms with Gasteiger partial charge in [-0.15, -0.1) is 11.3 Å². The normalized spacial score (nSPS) is 12.8. The zero-order valence-corrected chi connectivity index (χ0v) is 12.7. The lowest BCUT2D eigenvalue weighted by molar-refractivity contribution is -0.137. The Morgan fingerprint density at radius 2 is 1.80 bits per heavy atom.